The molecule has 0 N–H and O–H groups in total. The van der Waals surface area contributed by atoms with Gasteiger partial charge >= 0.3 is 0 Å². The number of ether oxygens (including phenoxy) is 2. The van der Waals surface area contributed by atoms with E-state index in [1.807, 2.05) is 61.2 Å². The third kappa shape index (κ3) is 4.44. The first-order valence-corrected chi connectivity index (χ1v) is 10.3. The number of hydrogen-bond acceptors (Lipinski definition) is 5. The first-order valence-electron chi connectivity index (χ1n) is 10.3. The van der Waals surface area contributed by atoms with Crippen LogP contribution in [-0.4, -0.2) is 47.1 Å². The van der Waals surface area contributed by atoms with Gasteiger partial charge in [-0.25, -0.2) is 9.97 Å². The van der Waals surface area contributed by atoms with Crippen LogP contribution in [-0.2, 0) is 11.3 Å². The zero-order valence-corrected chi connectivity index (χ0v) is 17.7. The van der Waals surface area contributed by atoms with Gasteiger partial charge in [-0.3, -0.25) is 4.79 Å². The summed E-state index contributed by atoms with van der Waals surface area (Å²) in [6.45, 7) is 5.69. The normalized spacial score (nSPS) is 16.0. The van der Waals surface area contributed by atoms with E-state index in [0.29, 0.717) is 18.7 Å². The van der Waals surface area contributed by atoms with E-state index in [-0.39, 0.29) is 12.0 Å². The molecule has 2 aromatic carbocycles. The third-order valence-corrected chi connectivity index (χ3v) is 5.57. The van der Waals surface area contributed by atoms with Crippen LogP contribution in [0.2, 0.25) is 0 Å². The summed E-state index contributed by atoms with van der Waals surface area (Å²) in [5, 5.41) is 0. The number of amides is 1. The van der Waals surface area contributed by atoms with Crippen molar-refractivity contribution >= 4 is 16.9 Å². The maximum absolute atomic E-state index is 13.5. The smallest absolute Gasteiger partial charge is 0.254 e. The fourth-order valence-corrected chi connectivity index (χ4v) is 3.79. The number of carbonyl (C=O) groups is 1. The van der Waals surface area contributed by atoms with Gasteiger partial charge in [0.1, 0.15) is 5.75 Å². The summed E-state index contributed by atoms with van der Waals surface area (Å²) in [6.07, 6.45) is 2.09. The van der Waals surface area contributed by atoms with Gasteiger partial charge in [0, 0.05) is 25.3 Å². The Morgan fingerprint density at radius 2 is 1.93 bits per heavy atom. The molecular formula is C24H27N3O3. The predicted molar refractivity (Wildman–Crippen MR) is 116 cm³/mol. The fraction of sp³-hybridized carbons (Fsp3) is 0.375. The number of carbonyl (C=O) groups excluding carboxylic acids is 1. The summed E-state index contributed by atoms with van der Waals surface area (Å²) in [5.74, 6) is 0.749. The average molecular weight is 405 g/mol. The molecule has 1 amide bonds. The van der Waals surface area contributed by atoms with Crippen molar-refractivity contribution in [3.63, 3.8) is 0 Å². The Bertz CT molecular complexity index is 1060. The molecule has 1 saturated heterocycles. The molecule has 1 unspecified atom stereocenters. The number of hydrogen-bond donors (Lipinski definition) is 0. The Morgan fingerprint density at radius 3 is 2.67 bits per heavy atom. The molecule has 6 heteroatoms. The second-order valence-corrected chi connectivity index (χ2v) is 7.77. The Balaban J connectivity index is 1.63. The lowest BCUT2D eigenvalue weighted by atomic mass is 10.1. The highest BCUT2D eigenvalue weighted by Gasteiger charge is 2.24. The topological polar surface area (TPSA) is 64.6 Å². The van der Waals surface area contributed by atoms with Gasteiger partial charge in [0.15, 0.2) is 0 Å². The number of aromatic nitrogens is 2. The molecule has 0 aliphatic carbocycles. The van der Waals surface area contributed by atoms with Crippen molar-refractivity contribution < 1.29 is 14.3 Å². The van der Waals surface area contributed by atoms with Crippen molar-refractivity contribution in [2.45, 2.75) is 39.3 Å². The van der Waals surface area contributed by atoms with Crippen LogP contribution in [0, 0.1) is 13.8 Å². The van der Waals surface area contributed by atoms with Gasteiger partial charge in [-0.15, -0.1) is 0 Å². The minimum Gasteiger partial charge on any atom is -0.497 e. The Kier molecular flexibility index (Phi) is 5.95. The van der Waals surface area contributed by atoms with Crippen molar-refractivity contribution in [2.24, 2.45) is 0 Å². The molecule has 30 heavy (non-hydrogen) atoms. The van der Waals surface area contributed by atoms with Gasteiger partial charge in [-0.1, -0.05) is 12.1 Å². The maximum Gasteiger partial charge on any atom is 0.254 e. The van der Waals surface area contributed by atoms with Gasteiger partial charge in [0.05, 0.1) is 35.6 Å². The Morgan fingerprint density at radius 1 is 1.13 bits per heavy atom. The Labute approximate surface area is 176 Å². The second kappa shape index (κ2) is 8.79. The first-order chi connectivity index (χ1) is 14.5. The van der Waals surface area contributed by atoms with Gasteiger partial charge < -0.3 is 14.4 Å². The van der Waals surface area contributed by atoms with Crippen LogP contribution < -0.4 is 4.74 Å². The van der Waals surface area contributed by atoms with Crippen molar-refractivity contribution in [1.29, 1.82) is 0 Å². The van der Waals surface area contributed by atoms with Crippen molar-refractivity contribution in [2.75, 3.05) is 20.3 Å². The van der Waals surface area contributed by atoms with Crippen molar-refractivity contribution in [3.8, 4) is 5.75 Å². The zero-order valence-electron chi connectivity index (χ0n) is 17.7. The summed E-state index contributed by atoms with van der Waals surface area (Å²) < 4.78 is 11.2. The van der Waals surface area contributed by atoms with Gasteiger partial charge in [0.2, 0.25) is 0 Å². The van der Waals surface area contributed by atoms with Crippen LogP contribution in [0.25, 0.3) is 11.0 Å². The quantitative estimate of drug-likeness (QED) is 0.618. The number of methoxy groups -OCH3 is 1. The highest BCUT2D eigenvalue weighted by molar-refractivity contribution is 5.97. The van der Waals surface area contributed by atoms with Crippen LogP contribution in [0.1, 0.15) is 40.2 Å². The first kappa shape index (κ1) is 20.3. The van der Waals surface area contributed by atoms with Crippen molar-refractivity contribution in [1.82, 2.24) is 14.9 Å². The molecule has 4 rings (SSSR count). The van der Waals surface area contributed by atoms with E-state index in [0.717, 1.165) is 53.2 Å². The lowest BCUT2D eigenvalue weighted by Gasteiger charge is -2.26. The zero-order chi connectivity index (χ0) is 21.1. The summed E-state index contributed by atoms with van der Waals surface area (Å²) >= 11 is 0. The molecular weight excluding hydrogens is 378 g/mol. The van der Waals surface area contributed by atoms with E-state index in [2.05, 4.69) is 9.97 Å². The number of nitrogens with zero attached hydrogens (tertiary/aromatic N) is 3. The minimum absolute atomic E-state index is 0.0322. The molecule has 3 aromatic rings. The van der Waals surface area contributed by atoms with Crippen molar-refractivity contribution in [3.05, 3.63) is 65.0 Å². The lowest BCUT2D eigenvalue weighted by molar-refractivity contribution is 0.0507. The molecule has 1 aromatic heterocycles. The number of rotatable bonds is 6. The standard InChI is InChI=1S/C24H27N3O3/c1-16-17(2)26-23-13-19(9-10-22(23)25-16)24(28)27(15-21-8-5-11-30-21)14-18-6-4-7-20(12-18)29-3/h4,6-7,9-10,12-13,21H,5,8,11,14-15H2,1-3H3. The van der Waals surface area contributed by atoms with Crippen LogP contribution in [0.5, 0.6) is 5.75 Å². The predicted octanol–water partition coefficient (Wildman–Crippen LogP) is 4.08. The summed E-state index contributed by atoms with van der Waals surface area (Å²) in [4.78, 5) is 24.5. The van der Waals surface area contributed by atoms with Gasteiger partial charge in [-0.05, 0) is 62.6 Å². The highest BCUT2D eigenvalue weighted by atomic mass is 16.5. The Hall–Kier alpha value is -2.99. The molecule has 6 nitrogen and oxygen atoms in total. The summed E-state index contributed by atoms with van der Waals surface area (Å²) in [5.41, 5.74) is 4.95. The molecule has 1 atom stereocenters. The average Bonchev–Trinajstić information content (AvgIpc) is 3.26. The van der Waals surface area contributed by atoms with Gasteiger partial charge in [-0.2, -0.15) is 0 Å². The van der Waals surface area contributed by atoms with E-state index < -0.39 is 0 Å². The van der Waals surface area contributed by atoms with Crippen LogP contribution >= 0.6 is 0 Å². The van der Waals surface area contributed by atoms with E-state index in [1.165, 1.54) is 0 Å². The third-order valence-electron chi connectivity index (χ3n) is 5.57. The molecule has 1 aliphatic heterocycles. The lowest BCUT2D eigenvalue weighted by Crippen LogP contribution is -2.37. The number of fused-ring (bicyclic) bond motifs is 1. The minimum atomic E-state index is -0.0322. The number of benzene rings is 2. The molecule has 2 heterocycles. The number of aryl methyl sites for hydroxylation is 2. The highest BCUT2D eigenvalue weighted by Crippen LogP contribution is 2.21. The molecule has 0 saturated carbocycles. The van der Waals surface area contributed by atoms with Gasteiger partial charge in [0.25, 0.3) is 5.91 Å². The van der Waals surface area contributed by atoms with Crippen LogP contribution in [0.15, 0.2) is 42.5 Å². The molecule has 0 radical (unpaired) electrons. The van der Waals surface area contributed by atoms with E-state index in [1.54, 1.807) is 7.11 Å². The largest absolute Gasteiger partial charge is 0.497 e. The molecule has 156 valence electrons. The van der Waals surface area contributed by atoms with E-state index in [9.17, 15) is 4.79 Å². The second-order valence-electron chi connectivity index (χ2n) is 7.77. The SMILES string of the molecule is COc1cccc(CN(CC2CCCO2)C(=O)c2ccc3nc(C)c(C)nc3c2)c1. The summed E-state index contributed by atoms with van der Waals surface area (Å²) in [7, 11) is 1.65. The van der Waals surface area contributed by atoms with E-state index in [4.69, 9.17) is 9.47 Å². The monoisotopic (exact) mass is 405 g/mol. The fourth-order valence-electron chi connectivity index (χ4n) is 3.79. The summed E-state index contributed by atoms with van der Waals surface area (Å²) in [6, 6.07) is 13.4. The molecule has 1 aliphatic rings. The molecule has 0 bridgehead atoms. The van der Waals surface area contributed by atoms with Crippen LogP contribution in [0.3, 0.4) is 0 Å². The van der Waals surface area contributed by atoms with E-state index >= 15 is 0 Å². The molecule has 1 fully saturated rings. The van der Waals surface area contributed by atoms with Crippen LogP contribution in [0.4, 0.5) is 0 Å². The molecule has 0 spiro atoms. The maximum atomic E-state index is 13.5.